The third-order valence-electron chi connectivity index (χ3n) is 4.63. The van der Waals surface area contributed by atoms with Crippen LogP contribution in [0.5, 0.6) is 0 Å². The van der Waals surface area contributed by atoms with Crippen LogP contribution < -0.4 is 5.73 Å². The first kappa shape index (κ1) is 15.9. The van der Waals surface area contributed by atoms with Gasteiger partial charge in [0.2, 0.25) is 0 Å². The minimum atomic E-state index is 0.0745. The van der Waals surface area contributed by atoms with Crippen LogP contribution in [0.25, 0.3) is 21.8 Å². The van der Waals surface area contributed by atoms with Gasteiger partial charge in [-0.05, 0) is 37.5 Å². The van der Waals surface area contributed by atoms with Crippen LogP contribution in [0, 0.1) is 6.92 Å². The van der Waals surface area contributed by atoms with Gasteiger partial charge in [0.15, 0.2) is 0 Å². The van der Waals surface area contributed by atoms with E-state index in [9.17, 15) is 4.79 Å². The number of thiazole rings is 1. The number of amides is 1. The number of hydrogen-bond donors (Lipinski definition) is 2. The van der Waals surface area contributed by atoms with Gasteiger partial charge in [-0.1, -0.05) is 12.1 Å². The van der Waals surface area contributed by atoms with E-state index in [2.05, 4.69) is 4.98 Å². The Balaban J connectivity index is 1.58. The van der Waals surface area contributed by atoms with Crippen LogP contribution in [-0.4, -0.2) is 33.9 Å². The topological polar surface area (TPSA) is 75.0 Å². The Bertz CT molecular complexity index is 921. The van der Waals surface area contributed by atoms with E-state index in [4.69, 9.17) is 10.7 Å². The monoisotopic (exact) mass is 352 g/mol. The largest absolute Gasteiger partial charge is 0.398 e. The van der Waals surface area contributed by atoms with Crippen molar-refractivity contribution in [2.75, 3.05) is 18.8 Å². The van der Waals surface area contributed by atoms with E-state index in [0.29, 0.717) is 5.69 Å². The fourth-order valence-corrected chi connectivity index (χ4v) is 3.89. The average molecular weight is 352 g/mol. The maximum absolute atomic E-state index is 12.5. The SMILES string of the molecule is Cc1ccc(-c2nc(-c3c[nH]c(C(=O)N4CCCC4)c3)cs2)cc1N. The van der Waals surface area contributed by atoms with E-state index in [-0.39, 0.29) is 5.91 Å². The lowest BCUT2D eigenvalue weighted by atomic mass is 10.1. The van der Waals surface area contributed by atoms with Crippen LogP contribution in [0.2, 0.25) is 0 Å². The Morgan fingerprint density at radius 3 is 2.80 bits per heavy atom. The fourth-order valence-electron chi connectivity index (χ4n) is 3.07. The molecular formula is C19H20N4OS. The summed E-state index contributed by atoms with van der Waals surface area (Å²) >= 11 is 1.58. The van der Waals surface area contributed by atoms with Crippen molar-refractivity contribution in [2.45, 2.75) is 19.8 Å². The smallest absolute Gasteiger partial charge is 0.270 e. The number of likely N-dealkylation sites (tertiary alicyclic amines) is 1. The Morgan fingerprint density at radius 2 is 2.04 bits per heavy atom. The number of nitrogens with two attached hydrogens (primary N) is 1. The minimum absolute atomic E-state index is 0.0745. The van der Waals surface area contributed by atoms with Crippen molar-refractivity contribution in [1.29, 1.82) is 0 Å². The van der Waals surface area contributed by atoms with Crippen LogP contribution in [0.15, 0.2) is 35.8 Å². The summed E-state index contributed by atoms with van der Waals surface area (Å²) in [5.74, 6) is 0.0745. The van der Waals surface area contributed by atoms with Crippen LogP contribution in [0.1, 0.15) is 28.9 Å². The molecular weight excluding hydrogens is 332 g/mol. The minimum Gasteiger partial charge on any atom is -0.398 e. The second kappa shape index (κ2) is 6.37. The maximum Gasteiger partial charge on any atom is 0.270 e. The highest BCUT2D eigenvalue weighted by Crippen LogP contribution is 2.31. The summed E-state index contributed by atoms with van der Waals surface area (Å²) in [6, 6.07) is 7.89. The highest BCUT2D eigenvalue weighted by atomic mass is 32.1. The number of rotatable bonds is 3. The molecule has 4 rings (SSSR count). The molecule has 3 aromatic rings. The summed E-state index contributed by atoms with van der Waals surface area (Å²) < 4.78 is 0. The quantitative estimate of drug-likeness (QED) is 0.701. The molecule has 0 atom stereocenters. The predicted octanol–water partition coefficient (Wildman–Crippen LogP) is 3.93. The molecule has 1 saturated heterocycles. The zero-order valence-corrected chi connectivity index (χ0v) is 14.9. The van der Waals surface area contributed by atoms with Gasteiger partial charge in [0.1, 0.15) is 10.7 Å². The molecule has 128 valence electrons. The predicted molar refractivity (Wildman–Crippen MR) is 102 cm³/mol. The average Bonchev–Trinajstić information content (AvgIpc) is 3.37. The number of carbonyl (C=O) groups excluding carboxylic acids is 1. The van der Waals surface area contributed by atoms with Gasteiger partial charge in [0.25, 0.3) is 5.91 Å². The van der Waals surface area contributed by atoms with E-state index < -0.39 is 0 Å². The molecule has 1 aliphatic rings. The highest BCUT2D eigenvalue weighted by molar-refractivity contribution is 7.13. The number of nitrogens with zero attached hydrogens (tertiary/aromatic N) is 2. The number of H-pyrrole nitrogens is 1. The lowest BCUT2D eigenvalue weighted by Gasteiger charge is -2.13. The lowest BCUT2D eigenvalue weighted by Crippen LogP contribution is -2.27. The van der Waals surface area contributed by atoms with Crippen LogP contribution in [-0.2, 0) is 0 Å². The highest BCUT2D eigenvalue weighted by Gasteiger charge is 2.21. The van der Waals surface area contributed by atoms with E-state index in [1.807, 2.05) is 47.7 Å². The van der Waals surface area contributed by atoms with Gasteiger partial charge < -0.3 is 15.6 Å². The second-order valence-electron chi connectivity index (χ2n) is 6.41. The molecule has 0 aliphatic carbocycles. The standard InChI is InChI=1S/C19H20N4OS/c1-12-4-5-13(8-15(12)20)18-22-17(11-25-18)14-9-16(21-10-14)19(24)23-6-2-3-7-23/h4-5,8-11,21H,2-3,6-7,20H2,1H3. The first-order valence-electron chi connectivity index (χ1n) is 8.42. The van der Waals surface area contributed by atoms with Gasteiger partial charge in [-0.25, -0.2) is 4.98 Å². The Kier molecular flexibility index (Phi) is 4.05. The van der Waals surface area contributed by atoms with Crippen molar-refractivity contribution in [3.05, 3.63) is 47.1 Å². The third kappa shape index (κ3) is 3.05. The van der Waals surface area contributed by atoms with Gasteiger partial charge in [0, 0.05) is 41.5 Å². The van der Waals surface area contributed by atoms with Crippen molar-refractivity contribution >= 4 is 22.9 Å². The molecule has 3 N–H and O–H groups in total. The van der Waals surface area contributed by atoms with Crippen molar-refractivity contribution < 1.29 is 4.79 Å². The molecule has 0 radical (unpaired) electrons. The van der Waals surface area contributed by atoms with E-state index in [0.717, 1.165) is 59.0 Å². The number of aryl methyl sites for hydroxylation is 1. The van der Waals surface area contributed by atoms with Gasteiger partial charge in [-0.15, -0.1) is 11.3 Å². The molecule has 6 heteroatoms. The maximum atomic E-state index is 12.5. The van der Waals surface area contributed by atoms with E-state index >= 15 is 0 Å². The molecule has 0 unspecified atom stereocenters. The summed E-state index contributed by atoms with van der Waals surface area (Å²) in [6.45, 7) is 3.69. The van der Waals surface area contributed by atoms with Gasteiger partial charge in [-0.2, -0.15) is 0 Å². The summed E-state index contributed by atoms with van der Waals surface area (Å²) in [5, 5.41) is 2.94. The Labute approximate surface area is 150 Å². The summed E-state index contributed by atoms with van der Waals surface area (Å²) in [7, 11) is 0. The molecule has 3 heterocycles. The number of carbonyl (C=O) groups is 1. The summed E-state index contributed by atoms with van der Waals surface area (Å²) in [6.07, 6.45) is 4.04. The molecule has 0 bridgehead atoms. The van der Waals surface area contributed by atoms with Gasteiger partial charge in [-0.3, -0.25) is 4.79 Å². The molecule has 25 heavy (non-hydrogen) atoms. The lowest BCUT2D eigenvalue weighted by molar-refractivity contribution is 0.0788. The fraction of sp³-hybridized carbons (Fsp3) is 0.263. The molecule has 1 aliphatic heterocycles. The first-order chi connectivity index (χ1) is 12.1. The Morgan fingerprint density at radius 1 is 1.24 bits per heavy atom. The van der Waals surface area contributed by atoms with Crippen molar-refractivity contribution in [3.63, 3.8) is 0 Å². The molecule has 1 fully saturated rings. The number of aromatic amines is 1. The molecule has 5 nitrogen and oxygen atoms in total. The third-order valence-corrected chi connectivity index (χ3v) is 5.52. The van der Waals surface area contributed by atoms with Gasteiger partial charge >= 0.3 is 0 Å². The van der Waals surface area contributed by atoms with Crippen molar-refractivity contribution in [1.82, 2.24) is 14.9 Å². The number of hydrogen-bond acceptors (Lipinski definition) is 4. The summed E-state index contributed by atoms with van der Waals surface area (Å²) in [5.41, 5.74) is 11.3. The van der Waals surface area contributed by atoms with Crippen molar-refractivity contribution in [3.8, 4) is 21.8 Å². The zero-order valence-electron chi connectivity index (χ0n) is 14.1. The number of nitrogens with one attached hydrogen (secondary N) is 1. The first-order valence-corrected chi connectivity index (χ1v) is 9.30. The van der Waals surface area contributed by atoms with E-state index in [1.54, 1.807) is 11.3 Å². The van der Waals surface area contributed by atoms with Gasteiger partial charge in [0.05, 0.1) is 5.69 Å². The van der Waals surface area contributed by atoms with Crippen molar-refractivity contribution in [2.24, 2.45) is 0 Å². The number of nitrogen functional groups attached to an aromatic ring is 1. The van der Waals surface area contributed by atoms with Crippen LogP contribution in [0.4, 0.5) is 5.69 Å². The second-order valence-corrected chi connectivity index (χ2v) is 7.27. The molecule has 2 aromatic heterocycles. The molecule has 0 spiro atoms. The summed E-state index contributed by atoms with van der Waals surface area (Å²) in [4.78, 5) is 22.2. The molecule has 1 aromatic carbocycles. The number of aromatic nitrogens is 2. The number of anilines is 1. The number of benzene rings is 1. The molecule has 0 saturated carbocycles. The molecule has 1 amide bonds. The normalized spacial score (nSPS) is 14.2. The van der Waals surface area contributed by atoms with E-state index in [1.165, 1.54) is 0 Å². The Hall–Kier alpha value is -2.60. The zero-order chi connectivity index (χ0) is 17.4. The van der Waals surface area contributed by atoms with Crippen LogP contribution >= 0.6 is 11.3 Å². The van der Waals surface area contributed by atoms with Crippen LogP contribution in [0.3, 0.4) is 0 Å².